The van der Waals surface area contributed by atoms with E-state index in [4.69, 9.17) is 16.3 Å². The summed E-state index contributed by atoms with van der Waals surface area (Å²) in [7, 11) is 0. The zero-order chi connectivity index (χ0) is 26.5. The van der Waals surface area contributed by atoms with Crippen LogP contribution < -0.4 is 5.32 Å². The summed E-state index contributed by atoms with van der Waals surface area (Å²) in [4.78, 5) is 45.1. The number of carbonyl (C=O) groups excluding carboxylic acids is 3. The Morgan fingerprint density at radius 3 is 2.38 bits per heavy atom. The van der Waals surface area contributed by atoms with E-state index in [0.29, 0.717) is 54.6 Å². The van der Waals surface area contributed by atoms with Crippen molar-refractivity contribution in [3.8, 4) is 0 Å². The van der Waals surface area contributed by atoms with Gasteiger partial charge in [-0.2, -0.15) is 0 Å². The number of hydrogen-bond acceptors (Lipinski definition) is 5. The quantitative estimate of drug-likeness (QED) is 0.552. The molecule has 0 spiro atoms. The molecule has 1 fully saturated rings. The minimum atomic E-state index is -0.653. The molecule has 2 aromatic carbocycles. The predicted molar refractivity (Wildman–Crippen MR) is 142 cm³/mol. The number of urea groups is 1. The maximum absolute atomic E-state index is 13.3. The lowest BCUT2D eigenvalue weighted by Crippen LogP contribution is -2.56. The summed E-state index contributed by atoms with van der Waals surface area (Å²) in [6.07, 6.45) is 0. The first-order chi connectivity index (χ1) is 17.8. The molecular weight excluding hydrogens is 492 g/mol. The summed E-state index contributed by atoms with van der Waals surface area (Å²) in [5.74, 6) is -0.448. The van der Waals surface area contributed by atoms with E-state index in [1.54, 1.807) is 24.0 Å². The molecule has 2 aliphatic heterocycles. The Kier molecular flexibility index (Phi) is 8.51. The van der Waals surface area contributed by atoms with Crippen molar-refractivity contribution in [2.45, 2.75) is 32.9 Å². The van der Waals surface area contributed by atoms with E-state index in [1.807, 2.05) is 61.2 Å². The van der Waals surface area contributed by atoms with E-state index >= 15 is 0 Å². The summed E-state index contributed by atoms with van der Waals surface area (Å²) in [5.41, 5.74) is 2.46. The van der Waals surface area contributed by atoms with Crippen LogP contribution in [0.4, 0.5) is 4.79 Å². The summed E-state index contributed by atoms with van der Waals surface area (Å²) in [5, 5.41) is 3.54. The predicted octanol–water partition coefficient (Wildman–Crippen LogP) is 4.09. The van der Waals surface area contributed by atoms with E-state index in [0.717, 1.165) is 5.56 Å². The third kappa shape index (κ3) is 5.81. The Morgan fingerprint density at radius 1 is 1.05 bits per heavy atom. The largest absolute Gasteiger partial charge is 0.463 e. The van der Waals surface area contributed by atoms with Crippen LogP contribution in [0.25, 0.3) is 0 Å². The summed E-state index contributed by atoms with van der Waals surface area (Å²) < 4.78 is 5.45. The van der Waals surface area contributed by atoms with Gasteiger partial charge in [-0.15, -0.1) is 0 Å². The van der Waals surface area contributed by atoms with E-state index in [-0.39, 0.29) is 24.6 Å². The van der Waals surface area contributed by atoms with E-state index < -0.39 is 12.0 Å². The summed E-state index contributed by atoms with van der Waals surface area (Å²) in [6.45, 7) is 8.46. The maximum atomic E-state index is 13.3. The molecule has 1 N–H and O–H groups in total. The van der Waals surface area contributed by atoms with Crippen molar-refractivity contribution >= 4 is 29.5 Å². The van der Waals surface area contributed by atoms with Gasteiger partial charge in [0.2, 0.25) is 0 Å². The lowest BCUT2D eigenvalue weighted by atomic mass is 9.94. The van der Waals surface area contributed by atoms with Crippen LogP contribution in [0.5, 0.6) is 0 Å². The smallest absolute Gasteiger partial charge is 0.338 e. The topological polar surface area (TPSA) is 82.2 Å². The molecule has 37 heavy (non-hydrogen) atoms. The lowest BCUT2D eigenvalue weighted by molar-refractivity contribution is -0.139. The maximum Gasteiger partial charge on any atom is 0.338 e. The first-order valence-corrected chi connectivity index (χ1v) is 13.0. The van der Waals surface area contributed by atoms with Crippen LogP contribution >= 0.6 is 11.6 Å². The third-order valence-electron chi connectivity index (χ3n) is 6.82. The second-order valence-corrected chi connectivity index (χ2v) is 9.64. The van der Waals surface area contributed by atoms with Crippen molar-refractivity contribution in [1.82, 2.24) is 20.0 Å². The van der Waals surface area contributed by atoms with Gasteiger partial charge in [0.15, 0.2) is 0 Å². The van der Waals surface area contributed by atoms with Gasteiger partial charge in [-0.05, 0) is 50.6 Å². The Morgan fingerprint density at radius 2 is 1.76 bits per heavy atom. The number of esters is 1. The molecule has 0 aromatic heterocycles. The van der Waals surface area contributed by atoms with Gasteiger partial charge >= 0.3 is 12.0 Å². The molecule has 0 aliphatic carbocycles. The summed E-state index contributed by atoms with van der Waals surface area (Å²) in [6, 6.07) is 15.4. The molecule has 1 saturated heterocycles. The van der Waals surface area contributed by atoms with E-state index in [9.17, 15) is 14.4 Å². The fourth-order valence-corrected chi connectivity index (χ4v) is 5.13. The minimum Gasteiger partial charge on any atom is -0.463 e. The van der Waals surface area contributed by atoms with Crippen molar-refractivity contribution in [3.05, 3.63) is 82.0 Å². The van der Waals surface area contributed by atoms with Crippen LogP contribution in [0.1, 0.15) is 42.7 Å². The molecule has 0 saturated carbocycles. The number of rotatable bonds is 7. The van der Waals surface area contributed by atoms with Gasteiger partial charge in [0.1, 0.15) is 0 Å². The molecule has 196 valence electrons. The Hall–Kier alpha value is -3.36. The average molecular weight is 525 g/mol. The zero-order valence-electron chi connectivity index (χ0n) is 21.4. The highest BCUT2D eigenvalue weighted by Crippen LogP contribution is 2.33. The van der Waals surface area contributed by atoms with Crippen LogP contribution in [0.2, 0.25) is 5.02 Å². The van der Waals surface area contributed by atoms with E-state index in [1.165, 1.54) is 0 Å². The van der Waals surface area contributed by atoms with Gasteiger partial charge in [-0.25, -0.2) is 9.59 Å². The number of ether oxygens (including phenoxy) is 1. The normalized spacial score (nSPS) is 20.6. The highest BCUT2D eigenvalue weighted by Gasteiger charge is 2.39. The molecule has 0 radical (unpaired) electrons. The number of carbonyl (C=O) groups is 3. The van der Waals surface area contributed by atoms with Gasteiger partial charge in [0.05, 0.1) is 18.2 Å². The molecule has 2 atom stereocenters. The second kappa shape index (κ2) is 11.8. The molecule has 0 bridgehead atoms. The first kappa shape index (κ1) is 26.7. The number of nitrogens with zero attached hydrogens (tertiary/aromatic N) is 3. The number of nitrogens with one attached hydrogen (secondary N) is 1. The molecule has 0 unspecified atom stereocenters. The van der Waals surface area contributed by atoms with Crippen LogP contribution in [0.3, 0.4) is 0 Å². The highest BCUT2D eigenvalue weighted by molar-refractivity contribution is 6.30. The molecular formula is C28H33ClN4O4. The molecule has 2 aromatic rings. The Labute approximate surface area is 222 Å². The number of likely N-dealkylation sites (N-methyl/N-ethyl adjacent to an activating group) is 1. The van der Waals surface area contributed by atoms with Crippen LogP contribution in [-0.4, -0.2) is 78.0 Å². The minimum absolute atomic E-state index is 0.00853. The number of piperazine rings is 1. The van der Waals surface area contributed by atoms with Crippen molar-refractivity contribution in [2.75, 3.05) is 39.3 Å². The van der Waals surface area contributed by atoms with Gasteiger partial charge in [-0.1, -0.05) is 41.9 Å². The van der Waals surface area contributed by atoms with Gasteiger partial charge in [-0.3, -0.25) is 14.6 Å². The first-order valence-electron chi connectivity index (χ1n) is 12.7. The molecule has 2 aliphatic rings. The summed E-state index contributed by atoms with van der Waals surface area (Å²) >= 11 is 6.08. The van der Waals surface area contributed by atoms with Gasteiger partial charge in [0.25, 0.3) is 5.91 Å². The molecule has 9 heteroatoms. The molecule has 3 amide bonds. The number of halogens is 1. The number of amides is 3. The van der Waals surface area contributed by atoms with Crippen LogP contribution in [0.15, 0.2) is 65.9 Å². The van der Waals surface area contributed by atoms with Gasteiger partial charge < -0.3 is 15.0 Å². The average Bonchev–Trinajstić information content (AvgIpc) is 2.89. The van der Waals surface area contributed by atoms with Crippen molar-refractivity contribution < 1.29 is 19.1 Å². The standard InChI is InChI=1S/C28H33ClN4O4/c1-4-32-23(18-31-15-16-33(19(3)17-31)26(34)21-9-7-6-8-10-21)24(27(35)37-5-2)25(30-28(32)36)20-11-13-22(29)14-12-20/h6-14,19,25H,4-5,15-18H2,1-3H3,(H,30,36)/t19-,25-/m0/s1. The fraction of sp³-hybridized carbons (Fsp3) is 0.393. The number of benzene rings is 2. The number of hydrogen-bond donors (Lipinski definition) is 1. The fourth-order valence-electron chi connectivity index (χ4n) is 5.00. The van der Waals surface area contributed by atoms with E-state index in [2.05, 4.69) is 10.2 Å². The van der Waals surface area contributed by atoms with Crippen LogP contribution in [0, 0.1) is 0 Å². The molecule has 2 heterocycles. The van der Waals surface area contributed by atoms with Crippen LogP contribution in [-0.2, 0) is 9.53 Å². The zero-order valence-corrected chi connectivity index (χ0v) is 22.2. The Balaban J connectivity index is 1.63. The van der Waals surface area contributed by atoms with Crippen molar-refractivity contribution in [2.24, 2.45) is 0 Å². The third-order valence-corrected chi connectivity index (χ3v) is 7.07. The van der Waals surface area contributed by atoms with Gasteiger partial charge in [0, 0.05) is 55.0 Å². The monoisotopic (exact) mass is 524 g/mol. The SMILES string of the molecule is CCOC(=O)C1=C(CN2CCN(C(=O)c3ccccc3)[C@@H](C)C2)N(CC)C(=O)N[C@H]1c1ccc(Cl)cc1. The molecule has 8 nitrogen and oxygen atoms in total. The second-order valence-electron chi connectivity index (χ2n) is 9.21. The molecule has 4 rings (SSSR count). The highest BCUT2D eigenvalue weighted by atomic mass is 35.5. The lowest BCUT2D eigenvalue weighted by Gasteiger charge is -2.43. The Bertz CT molecular complexity index is 1170. The van der Waals surface area contributed by atoms with Crippen molar-refractivity contribution in [3.63, 3.8) is 0 Å². The van der Waals surface area contributed by atoms with Crippen molar-refractivity contribution in [1.29, 1.82) is 0 Å².